The lowest BCUT2D eigenvalue weighted by atomic mass is 10.1. The fourth-order valence-electron chi connectivity index (χ4n) is 1.95. The predicted octanol–water partition coefficient (Wildman–Crippen LogP) is 3.50. The molecule has 0 amide bonds. The molecule has 112 valence electrons. The van der Waals surface area contributed by atoms with Gasteiger partial charge in [-0.2, -0.15) is 0 Å². The molecule has 1 unspecified atom stereocenters. The highest BCUT2D eigenvalue weighted by atomic mass is 35.5. The maximum absolute atomic E-state index is 10.9. The first-order valence-corrected chi connectivity index (χ1v) is 7.03. The van der Waals surface area contributed by atoms with Crippen molar-refractivity contribution in [3.63, 3.8) is 0 Å². The average molecular weight is 301 g/mol. The molecule has 0 spiro atoms. The van der Waals surface area contributed by atoms with Gasteiger partial charge in [0.05, 0.1) is 11.5 Å². The van der Waals surface area contributed by atoms with Crippen molar-refractivity contribution in [2.75, 3.05) is 20.3 Å². The number of nitro benzene ring substituents is 1. The van der Waals surface area contributed by atoms with Crippen LogP contribution in [0.15, 0.2) is 18.2 Å². The quantitative estimate of drug-likeness (QED) is 0.545. The number of hydrogen-bond donors (Lipinski definition) is 0. The van der Waals surface area contributed by atoms with Gasteiger partial charge in [0, 0.05) is 32.3 Å². The van der Waals surface area contributed by atoms with Gasteiger partial charge in [0.25, 0.3) is 5.69 Å². The van der Waals surface area contributed by atoms with Gasteiger partial charge in [-0.25, -0.2) is 0 Å². The van der Waals surface area contributed by atoms with Crippen molar-refractivity contribution in [2.24, 2.45) is 0 Å². The summed E-state index contributed by atoms with van der Waals surface area (Å²) in [4.78, 5) is 12.7. The lowest BCUT2D eigenvalue weighted by Crippen LogP contribution is -2.34. The highest BCUT2D eigenvalue weighted by Gasteiger charge is 2.16. The molecule has 5 nitrogen and oxygen atoms in total. The SMILES string of the molecule is CCC(C)N(CCOC)Cc1ccc(Cl)c([N+](=O)[O-])c1. The Kier molecular flexibility index (Phi) is 6.91. The largest absolute Gasteiger partial charge is 0.383 e. The smallest absolute Gasteiger partial charge is 0.288 e. The zero-order valence-corrected chi connectivity index (χ0v) is 12.9. The van der Waals surface area contributed by atoms with Crippen LogP contribution in [0.25, 0.3) is 0 Å². The van der Waals surface area contributed by atoms with Crippen LogP contribution in [0.5, 0.6) is 0 Å². The Morgan fingerprint density at radius 3 is 2.75 bits per heavy atom. The number of rotatable bonds is 8. The molecule has 0 N–H and O–H groups in total. The molecule has 0 aliphatic carbocycles. The van der Waals surface area contributed by atoms with E-state index >= 15 is 0 Å². The molecule has 0 heterocycles. The predicted molar refractivity (Wildman–Crippen MR) is 80.1 cm³/mol. The van der Waals surface area contributed by atoms with Crippen molar-refractivity contribution in [3.8, 4) is 0 Å². The van der Waals surface area contributed by atoms with Gasteiger partial charge >= 0.3 is 0 Å². The summed E-state index contributed by atoms with van der Waals surface area (Å²) in [5.41, 5.74) is 0.845. The first-order chi connectivity index (χ1) is 9.49. The Bertz CT molecular complexity index is 454. The van der Waals surface area contributed by atoms with Gasteiger partial charge in [-0.05, 0) is 25.0 Å². The van der Waals surface area contributed by atoms with Gasteiger partial charge in [0.15, 0.2) is 0 Å². The van der Waals surface area contributed by atoms with E-state index in [0.717, 1.165) is 18.5 Å². The molecule has 0 saturated heterocycles. The summed E-state index contributed by atoms with van der Waals surface area (Å²) in [5, 5.41) is 11.1. The van der Waals surface area contributed by atoms with Gasteiger partial charge in [-0.3, -0.25) is 15.0 Å². The second kappa shape index (κ2) is 8.19. The summed E-state index contributed by atoms with van der Waals surface area (Å²) >= 11 is 5.83. The monoisotopic (exact) mass is 300 g/mol. The normalized spacial score (nSPS) is 12.7. The Morgan fingerprint density at radius 2 is 2.20 bits per heavy atom. The van der Waals surface area contributed by atoms with E-state index in [9.17, 15) is 10.1 Å². The molecule has 1 aromatic rings. The Hall–Kier alpha value is -1.17. The van der Waals surface area contributed by atoms with Crippen LogP contribution in [0.4, 0.5) is 5.69 Å². The lowest BCUT2D eigenvalue weighted by Gasteiger charge is -2.28. The molecule has 0 saturated carbocycles. The number of hydrogen-bond acceptors (Lipinski definition) is 4. The van der Waals surface area contributed by atoms with Gasteiger partial charge in [0.1, 0.15) is 5.02 Å². The summed E-state index contributed by atoms with van der Waals surface area (Å²) in [6.07, 6.45) is 1.01. The molecule has 0 aliphatic rings. The molecular formula is C14H21ClN2O3. The molecule has 0 aromatic heterocycles. The molecule has 1 rings (SSSR count). The number of ether oxygens (including phenoxy) is 1. The van der Waals surface area contributed by atoms with Crippen LogP contribution in [0.1, 0.15) is 25.8 Å². The zero-order chi connectivity index (χ0) is 15.1. The van der Waals surface area contributed by atoms with Crippen LogP contribution in [-0.2, 0) is 11.3 Å². The standard InChI is InChI=1S/C14H21ClN2O3/c1-4-11(2)16(7-8-20-3)10-12-5-6-13(15)14(9-12)17(18)19/h5-6,9,11H,4,7-8,10H2,1-3H3. The molecule has 20 heavy (non-hydrogen) atoms. The van der Waals surface area contributed by atoms with Gasteiger partial charge in [-0.1, -0.05) is 24.6 Å². The number of halogens is 1. The van der Waals surface area contributed by atoms with Crippen molar-refractivity contribution in [2.45, 2.75) is 32.9 Å². The summed E-state index contributed by atoms with van der Waals surface area (Å²) in [6, 6.07) is 5.35. The third-order valence-electron chi connectivity index (χ3n) is 3.39. The summed E-state index contributed by atoms with van der Waals surface area (Å²) < 4.78 is 5.11. The molecule has 0 bridgehead atoms. The number of nitrogens with zero attached hydrogens (tertiary/aromatic N) is 2. The van der Waals surface area contributed by atoms with Crippen molar-refractivity contribution in [1.29, 1.82) is 0 Å². The van der Waals surface area contributed by atoms with E-state index in [4.69, 9.17) is 16.3 Å². The first-order valence-electron chi connectivity index (χ1n) is 6.65. The minimum absolute atomic E-state index is 0.0417. The number of nitro groups is 1. The number of benzene rings is 1. The zero-order valence-electron chi connectivity index (χ0n) is 12.1. The maximum Gasteiger partial charge on any atom is 0.288 e. The van der Waals surface area contributed by atoms with Crippen LogP contribution in [-0.4, -0.2) is 36.1 Å². The van der Waals surface area contributed by atoms with E-state index in [1.54, 1.807) is 19.2 Å². The summed E-state index contributed by atoms with van der Waals surface area (Å²) in [5.74, 6) is 0. The fraction of sp³-hybridized carbons (Fsp3) is 0.571. The van der Waals surface area contributed by atoms with E-state index in [1.807, 2.05) is 6.07 Å². The van der Waals surface area contributed by atoms with Crippen molar-refractivity contribution in [3.05, 3.63) is 38.9 Å². The second-order valence-electron chi connectivity index (χ2n) is 4.76. The van der Waals surface area contributed by atoms with E-state index in [2.05, 4.69) is 18.7 Å². The van der Waals surface area contributed by atoms with Crippen LogP contribution in [0.2, 0.25) is 5.02 Å². The van der Waals surface area contributed by atoms with E-state index in [0.29, 0.717) is 19.2 Å². The van der Waals surface area contributed by atoms with Crippen LogP contribution >= 0.6 is 11.6 Å². The van der Waals surface area contributed by atoms with Crippen molar-refractivity contribution < 1.29 is 9.66 Å². The third-order valence-corrected chi connectivity index (χ3v) is 3.71. The molecular weight excluding hydrogens is 280 g/mol. The van der Waals surface area contributed by atoms with Crippen molar-refractivity contribution >= 4 is 17.3 Å². The minimum Gasteiger partial charge on any atom is -0.383 e. The van der Waals surface area contributed by atoms with E-state index < -0.39 is 4.92 Å². The Balaban J connectivity index is 2.87. The number of methoxy groups -OCH3 is 1. The lowest BCUT2D eigenvalue weighted by molar-refractivity contribution is -0.384. The average Bonchev–Trinajstić information content (AvgIpc) is 2.43. The summed E-state index contributed by atoms with van der Waals surface area (Å²) in [6.45, 7) is 6.34. The molecule has 6 heteroatoms. The van der Waals surface area contributed by atoms with Gasteiger partial charge < -0.3 is 4.74 Å². The Morgan fingerprint density at radius 1 is 1.50 bits per heavy atom. The topological polar surface area (TPSA) is 55.6 Å². The first kappa shape index (κ1) is 16.9. The van der Waals surface area contributed by atoms with Crippen LogP contribution in [0, 0.1) is 10.1 Å². The van der Waals surface area contributed by atoms with Gasteiger partial charge in [0.2, 0.25) is 0 Å². The highest BCUT2D eigenvalue weighted by molar-refractivity contribution is 6.32. The molecule has 1 atom stereocenters. The molecule has 1 aromatic carbocycles. The van der Waals surface area contributed by atoms with Crippen molar-refractivity contribution in [1.82, 2.24) is 4.90 Å². The van der Waals surface area contributed by atoms with Crippen LogP contribution < -0.4 is 0 Å². The third kappa shape index (κ3) is 4.74. The molecule has 0 radical (unpaired) electrons. The van der Waals surface area contributed by atoms with Gasteiger partial charge in [-0.15, -0.1) is 0 Å². The Labute approximate surface area is 124 Å². The molecule has 0 aliphatic heterocycles. The minimum atomic E-state index is -0.450. The maximum atomic E-state index is 10.9. The van der Waals surface area contributed by atoms with E-state index in [1.165, 1.54) is 0 Å². The second-order valence-corrected chi connectivity index (χ2v) is 5.17. The fourth-order valence-corrected chi connectivity index (χ4v) is 2.14. The van der Waals surface area contributed by atoms with E-state index in [-0.39, 0.29) is 10.7 Å². The highest BCUT2D eigenvalue weighted by Crippen LogP contribution is 2.26. The molecule has 0 fully saturated rings. The summed E-state index contributed by atoms with van der Waals surface area (Å²) in [7, 11) is 1.67. The van der Waals surface area contributed by atoms with Crippen LogP contribution in [0.3, 0.4) is 0 Å².